The molecule has 5 heteroatoms. The van der Waals surface area contributed by atoms with Crippen LogP contribution in [0, 0.1) is 0 Å². The number of nitrogen functional groups attached to an aromatic ring is 1. The van der Waals surface area contributed by atoms with Crippen LogP contribution in [0.3, 0.4) is 0 Å². The van der Waals surface area contributed by atoms with Gasteiger partial charge in [-0.15, -0.1) is 0 Å². The zero-order chi connectivity index (χ0) is 14.9. The fraction of sp³-hybridized carbons (Fsp3) is 0.533. The van der Waals surface area contributed by atoms with Gasteiger partial charge in [-0.3, -0.25) is 9.69 Å². The van der Waals surface area contributed by atoms with Crippen molar-refractivity contribution in [3.05, 3.63) is 23.8 Å². The number of anilines is 1. The zero-order valence-electron chi connectivity index (χ0n) is 12.6. The van der Waals surface area contributed by atoms with Gasteiger partial charge >= 0.3 is 0 Å². The molecule has 2 rings (SSSR count). The molecule has 1 aromatic carbocycles. The molecule has 2 N–H and O–H groups in total. The second-order valence-corrected chi connectivity index (χ2v) is 5.92. The first-order valence-electron chi connectivity index (χ1n) is 6.79. The van der Waals surface area contributed by atoms with E-state index < -0.39 is 0 Å². The molecule has 0 bridgehead atoms. The van der Waals surface area contributed by atoms with Crippen LogP contribution >= 0.6 is 0 Å². The summed E-state index contributed by atoms with van der Waals surface area (Å²) in [6, 6.07) is 5.19. The highest BCUT2D eigenvalue weighted by Gasteiger charge is 2.33. The number of amides is 1. The molecule has 1 heterocycles. The lowest BCUT2D eigenvalue weighted by atomic mass is 9.99. The Labute approximate surface area is 120 Å². The van der Waals surface area contributed by atoms with Gasteiger partial charge in [0.2, 0.25) is 0 Å². The first kappa shape index (κ1) is 14.7. The van der Waals surface area contributed by atoms with Crippen LogP contribution in [0.4, 0.5) is 5.69 Å². The van der Waals surface area contributed by atoms with E-state index in [1.165, 1.54) is 0 Å². The summed E-state index contributed by atoms with van der Waals surface area (Å²) in [6.45, 7) is 6.63. The molecule has 1 fully saturated rings. The SMILES string of the molecule is COc1ccc(C(=O)N2CCN(C)C(C)(C)C2)cc1N. The van der Waals surface area contributed by atoms with Gasteiger partial charge in [0.25, 0.3) is 5.91 Å². The number of carbonyl (C=O) groups is 1. The monoisotopic (exact) mass is 277 g/mol. The molecule has 0 unspecified atom stereocenters. The third kappa shape index (κ3) is 2.72. The second kappa shape index (κ2) is 5.32. The smallest absolute Gasteiger partial charge is 0.254 e. The maximum Gasteiger partial charge on any atom is 0.254 e. The molecule has 0 atom stereocenters. The third-order valence-corrected chi connectivity index (χ3v) is 4.08. The van der Waals surface area contributed by atoms with E-state index >= 15 is 0 Å². The van der Waals surface area contributed by atoms with Crippen molar-refractivity contribution in [2.75, 3.05) is 39.5 Å². The molecule has 1 amide bonds. The van der Waals surface area contributed by atoms with Crippen molar-refractivity contribution in [3.8, 4) is 5.75 Å². The third-order valence-electron chi connectivity index (χ3n) is 4.08. The van der Waals surface area contributed by atoms with E-state index in [-0.39, 0.29) is 11.4 Å². The van der Waals surface area contributed by atoms with Crippen LogP contribution in [-0.4, -0.2) is 55.0 Å². The van der Waals surface area contributed by atoms with E-state index in [9.17, 15) is 4.79 Å². The molecule has 5 nitrogen and oxygen atoms in total. The Bertz CT molecular complexity index is 514. The lowest BCUT2D eigenvalue weighted by Crippen LogP contribution is -2.58. The van der Waals surface area contributed by atoms with Gasteiger partial charge in [0.15, 0.2) is 0 Å². The van der Waals surface area contributed by atoms with E-state index in [0.29, 0.717) is 23.5 Å². The molecule has 1 aromatic rings. The van der Waals surface area contributed by atoms with Gasteiger partial charge in [0.1, 0.15) is 5.75 Å². The minimum atomic E-state index is -0.00801. The molecule has 1 aliphatic heterocycles. The highest BCUT2D eigenvalue weighted by atomic mass is 16.5. The summed E-state index contributed by atoms with van der Waals surface area (Å²) in [7, 11) is 3.66. The van der Waals surface area contributed by atoms with Crippen LogP contribution in [0.5, 0.6) is 5.75 Å². The fourth-order valence-corrected chi connectivity index (χ4v) is 2.46. The molecule has 110 valence electrons. The summed E-state index contributed by atoms with van der Waals surface area (Å²) in [6.07, 6.45) is 0. The molecule has 0 spiro atoms. The number of carbonyl (C=O) groups excluding carboxylic acids is 1. The van der Waals surface area contributed by atoms with Gasteiger partial charge in [-0.1, -0.05) is 0 Å². The summed E-state index contributed by atoms with van der Waals surface area (Å²) >= 11 is 0. The Morgan fingerprint density at radius 1 is 1.35 bits per heavy atom. The van der Waals surface area contributed by atoms with Crippen LogP contribution in [0.2, 0.25) is 0 Å². The molecular formula is C15H23N3O2. The summed E-state index contributed by atoms with van der Waals surface area (Å²) in [5, 5.41) is 0. The highest BCUT2D eigenvalue weighted by Crippen LogP contribution is 2.25. The normalized spacial score (nSPS) is 18.9. The van der Waals surface area contributed by atoms with E-state index in [0.717, 1.165) is 13.1 Å². The summed E-state index contributed by atoms with van der Waals surface area (Å²) in [5.41, 5.74) is 6.97. The van der Waals surface area contributed by atoms with Crippen molar-refractivity contribution in [1.82, 2.24) is 9.80 Å². The van der Waals surface area contributed by atoms with Crippen LogP contribution in [0.25, 0.3) is 0 Å². The van der Waals surface area contributed by atoms with Crippen LogP contribution in [0.15, 0.2) is 18.2 Å². The quantitative estimate of drug-likeness (QED) is 0.831. The maximum absolute atomic E-state index is 12.6. The number of ether oxygens (including phenoxy) is 1. The van der Waals surface area contributed by atoms with E-state index in [4.69, 9.17) is 10.5 Å². The van der Waals surface area contributed by atoms with E-state index in [1.807, 2.05) is 4.90 Å². The minimum absolute atomic E-state index is 0.00801. The number of hydrogen-bond donors (Lipinski definition) is 1. The van der Waals surface area contributed by atoms with Gasteiger partial charge in [-0.2, -0.15) is 0 Å². The van der Waals surface area contributed by atoms with Crippen LogP contribution < -0.4 is 10.5 Å². The lowest BCUT2D eigenvalue weighted by Gasteiger charge is -2.45. The van der Waals surface area contributed by atoms with E-state index in [2.05, 4.69) is 25.8 Å². The summed E-state index contributed by atoms with van der Waals surface area (Å²) < 4.78 is 5.12. The fourth-order valence-electron chi connectivity index (χ4n) is 2.46. The van der Waals surface area contributed by atoms with Crippen molar-refractivity contribution in [2.45, 2.75) is 19.4 Å². The molecule has 1 saturated heterocycles. The predicted octanol–water partition coefficient (Wildman–Crippen LogP) is 1.44. The lowest BCUT2D eigenvalue weighted by molar-refractivity contribution is 0.0311. The van der Waals surface area contributed by atoms with Crippen LogP contribution in [-0.2, 0) is 0 Å². The molecule has 0 aromatic heterocycles. The van der Waals surface area contributed by atoms with Gasteiger partial charge in [0, 0.05) is 30.7 Å². The number of methoxy groups -OCH3 is 1. The number of nitrogens with two attached hydrogens (primary N) is 1. The topological polar surface area (TPSA) is 58.8 Å². The number of piperazine rings is 1. The van der Waals surface area contributed by atoms with Gasteiger partial charge in [-0.05, 0) is 39.1 Å². The molecular weight excluding hydrogens is 254 g/mol. The average molecular weight is 277 g/mol. The zero-order valence-corrected chi connectivity index (χ0v) is 12.6. The number of benzene rings is 1. The molecule has 0 saturated carbocycles. The average Bonchev–Trinajstić information content (AvgIpc) is 2.41. The van der Waals surface area contributed by atoms with Crippen molar-refractivity contribution in [1.29, 1.82) is 0 Å². The Morgan fingerprint density at radius 3 is 2.60 bits per heavy atom. The summed E-state index contributed by atoms with van der Waals surface area (Å²) in [4.78, 5) is 16.7. The second-order valence-electron chi connectivity index (χ2n) is 5.92. The van der Waals surface area contributed by atoms with Crippen molar-refractivity contribution in [3.63, 3.8) is 0 Å². The molecule has 0 aliphatic carbocycles. The van der Waals surface area contributed by atoms with Gasteiger partial charge < -0.3 is 15.4 Å². The van der Waals surface area contributed by atoms with Gasteiger partial charge in [-0.25, -0.2) is 0 Å². The number of nitrogens with zero attached hydrogens (tertiary/aromatic N) is 2. The minimum Gasteiger partial charge on any atom is -0.495 e. The number of hydrogen-bond acceptors (Lipinski definition) is 4. The summed E-state index contributed by atoms with van der Waals surface area (Å²) in [5.74, 6) is 0.626. The largest absolute Gasteiger partial charge is 0.495 e. The first-order valence-corrected chi connectivity index (χ1v) is 6.79. The van der Waals surface area contributed by atoms with Crippen molar-refractivity contribution < 1.29 is 9.53 Å². The van der Waals surface area contributed by atoms with Gasteiger partial charge in [0.05, 0.1) is 12.8 Å². The van der Waals surface area contributed by atoms with Crippen molar-refractivity contribution >= 4 is 11.6 Å². The highest BCUT2D eigenvalue weighted by molar-refractivity contribution is 5.95. The Hall–Kier alpha value is -1.75. The number of likely N-dealkylation sites (N-methyl/N-ethyl adjacent to an activating group) is 1. The maximum atomic E-state index is 12.6. The predicted molar refractivity (Wildman–Crippen MR) is 80.0 cm³/mol. The molecule has 1 aliphatic rings. The number of rotatable bonds is 2. The molecule has 20 heavy (non-hydrogen) atoms. The Balaban J connectivity index is 2.18. The Morgan fingerprint density at radius 2 is 2.05 bits per heavy atom. The van der Waals surface area contributed by atoms with E-state index in [1.54, 1.807) is 25.3 Å². The Kier molecular flexibility index (Phi) is 3.90. The standard InChI is InChI=1S/C15H23N3O2/c1-15(2)10-18(8-7-17(15)3)14(19)11-5-6-13(20-4)12(16)9-11/h5-6,9H,7-8,10,16H2,1-4H3. The first-order chi connectivity index (χ1) is 9.35. The molecule has 0 radical (unpaired) electrons. The van der Waals surface area contributed by atoms with Crippen LogP contribution in [0.1, 0.15) is 24.2 Å². The van der Waals surface area contributed by atoms with Crippen molar-refractivity contribution in [2.24, 2.45) is 0 Å².